The number of imidazole rings is 1. The summed E-state index contributed by atoms with van der Waals surface area (Å²) in [6, 6.07) is 16.5. The third-order valence-corrected chi connectivity index (χ3v) is 4.37. The second-order valence-corrected chi connectivity index (χ2v) is 6.54. The molecule has 4 rings (SSSR count). The molecule has 0 radical (unpaired) electrons. The SMILES string of the molecule is O=C(Nc1cccc(OCc2cn3ccccc3n2)c1)c1ccc(C(F)(F)F)cc1. The molecule has 0 aliphatic carbocycles. The summed E-state index contributed by atoms with van der Waals surface area (Å²) in [5, 5.41) is 2.66. The van der Waals surface area contributed by atoms with Gasteiger partial charge in [-0.2, -0.15) is 13.2 Å². The first-order valence-corrected chi connectivity index (χ1v) is 9.02. The summed E-state index contributed by atoms with van der Waals surface area (Å²) in [5.74, 6) is 0.0125. The number of ether oxygens (including phenoxy) is 1. The number of pyridine rings is 1. The lowest BCUT2D eigenvalue weighted by molar-refractivity contribution is -0.137. The van der Waals surface area contributed by atoms with Crippen molar-refractivity contribution < 1.29 is 22.7 Å². The third kappa shape index (κ3) is 4.43. The Morgan fingerprint density at radius 2 is 1.83 bits per heavy atom. The number of carbonyl (C=O) groups is 1. The lowest BCUT2D eigenvalue weighted by atomic mass is 10.1. The molecular weight excluding hydrogens is 395 g/mol. The second-order valence-electron chi connectivity index (χ2n) is 6.54. The molecule has 0 fully saturated rings. The van der Waals surface area contributed by atoms with E-state index in [4.69, 9.17) is 4.74 Å². The number of carbonyl (C=O) groups excluding carboxylic acids is 1. The molecule has 1 N–H and O–H groups in total. The zero-order chi connectivity index (χ0) is 21.1. The van der Waals surface area contributed by atoms with E-state index in [0.29, 0.717) is 11.4 Å². The number of hydrogen-bond donors (Lipinski definition) is 1. The summed E-state index contributed by atoms with van der Waals surface area (Å²) in [4.78, 5) is 16.8. The van der Waals surface area contributed by atoms with Crippen molar-refractivity contribution in [2.24, 2.45) is 0 Å². The average molecular weight is 411 g/mol. The highest BCUT2D eigenvalue weighted by molar-refractivity contribution is 6.04. The molecule has 0 saturated heterocycles. The molecule has 0 unspecified atom stereocenters. The van der Waals surface area contributed by atoms with Crippen molar-refractivity contribution in [1.29, 1.82) is 0 Å². The monoisotopic (exact) mass is 411 g/mol. The van der Waals surface area contributed by atoms with Gasteiger partial charge in [0, 0.05) is 29.7 Å². The van der Waals surface area contributed by atoms with Crippen molar-refractivity contribution >= 4 is 17.2 Å². The minimum Gasteiger partial charge on any atom is -0.487 e. The predicted octanol–water partition coefficient (Wildman–Crippen LogP) is 5.18. The number of rotatable bonds is 5. The first-order chi connectivity index (χ1) is 14.4. The molecule has 1 amide bonds. The van der Waals surface area contributed by atoms with Crippen molar-refractivity contribution in [2.75, 3.05) is 5.32 Å². The normalized spacial score (nSPS) is 11.4. The van der Waals surface area contributed by atoms with Gasteiger partial charge in [0.25, 0.3) is 5.91 Å². The molecule has 0 aliphatic heterocycles. The quantitative estimate of drug-likeness (QED) is 0.492. The van der Waals surface area contributed by atoms with Crippen molar-refractivity contribution in [3.63, 3.8) is 0 Å². The van der Waals surface area contributed by atoms with E-state index in [-0.39, 0.29) is 12.2 Å². The number of alkyl halides is 3. The fourth-order valence-corrected chi connectivity index (χ4v) is 2.89. The van der Waals surface area contributed by atoms with Gasteiger partial charge in [-0.3, -0.25) is 4.79 Å². The molecular formula is C22H16F3N3O2. The van der Waals surface area contributed by atoms with E-state index in [0.717, 1.165) is 35.6 Å². The summed E-state index contributed by atoms with van der Waals surface area (Å²) in [6.07, 6.45) is -0.684. The Kier molecular flexibility index (Phi) is 5.14. The molecule has 0 bridgehead atoms. The van der Waals surface area contributed by atoms with Gasteiger partial charge in [0.1, 0.15) is 18.0 Å². The molecule has 8 heteroatoms. The van der Waals surface area contributed by atoms with E-state index in [1.165, 1.54) is 0 Å². The van der Waals surface area contributed by atoms with Crippen LogP contribution in [0.5, 0.6) is 5.75 Å². The van der Waals surface area contributed by atoms with Crippen LogP contribution < -0.4 is 10.1 Å². The molecule has 2 aromatic carbocycles. The summed E-state index contributed by atoms with van der Waals surface area (Å²) >= 11 is 0. The van der Waals surface area contributed by atoms with Gasteiger partial charge in [-0.15, -0.1) is 0 Å². The molecule has 152 valence electrons. The van der Waals surface area contributed by atoms with E-state index in [1.807, 2.05) is 35.0 Å². The Labute approximate surface area is 169 Å². The van der Waals surface area contributed by atoms with Crippen molar-refractivity contribution in [2.45, 2.75) is 12.8 Å². The Balaban J connectivity index is 1.40. The van der Waals surface area contributed by atoms with Crippen LogP contribution >= 0.6 is 0 Å². The molecule has 0 spiro atoms. The summed E-state index contributed by atoms with van der Waals surface area (Å²) in [6.45, 7) is 0.248. The standard InChI is InChI=1S/C22H16F3N3O2/c23-22(24,25)16-9-7-15(8-10-16)21(29)27-17-4-3-5-19(12-17)30-14-18-13-28-11-2-1-6-20(28)26-18/h1-13H,14H2,(H,27,29). The number of nitrogens with one attached hydrogen (secondary N) is 1. The number of amides is 1. The zero-order valence-electron chi connectivity index (χ0n) is 15.6. The highest BCUT2D eigenvalue weighted by Gasteiger charge is 2.30. The van der Waals surface area contributed by atoms with Crippen LogP contribution in [-0.2, 0) is 12.8 Å². The Morgan fingerprint density at radius 3 is 2.57 bits per heavy atom. The number of fused-ring (bicyclic) bond motifs is 1. The van der Waals surface area contributed by atoms with Crippen LogP contribution in [0.4, 0.5) is 18.9 Å². The van der Waals surface area contributed by atoms with Crippen LogP contribution in [0.3, 0.4) is 0 Å². The van der Waals surface area contributed by atoms with Gasteiger partial charge in [0.2, 0.25) is 0 Å². The van der Waals surface area contributed by atoms with Crippen LogP contribution in [0, 0.1) is 0 Å². The lowest BCUT2D eigenvalue weighted by Gasteiger charge is -2.10. The molecule has 0 saturated carbocycles. The van der Waals surface area contributed by atoms with Crippen LogP contribution in [0.2, 0.25) is 0 Å². The average Bonchev–Trinajstić information content (AvgIpc) is 3.15. The number of halogens is 3. The molecule has 5 nitrogen and oxygen atoms in total. The highest BCUT2D eigenvalue weighted by Crippen LogP contribution is 2.29. The fraction of sp³-hybridized carbons (Fsp3) is 0.0909. The number of nitrogens with zero attached hydrogens (tertiary/aromatic N) is 2. The van der Waals surface area contributed by atoms with E-state index < -0.39 is 17.6 Å². The van der Waals surface area contributed by atoms with E-state index >= 15 is 0 Å². The molecule has 0 aliphatic rings. The number of benzene rings is 2. The van der Waals surface area contributed by atoms with Gasteiger partial charge in [-0.05, 0) is 48.5 Å². The Morgan fingerprint density at radius 1 is 1.03 bits per heavy atom. The maximum atomic E-state index is 12.6. The second kappa shape index (κ2) is 7.90. The first-order valence-electron chi connectivity index (χ1n) is 9.02. The maximum absolute atomic E-state index is 12.6. The maximum Gasteiger partial charge on any atom is 0.416 e. The van der Waals surface area contributed by atoms with E-state index in [9.17, 15) is 18.0 Å². The number of anilines is 1. The molecule has 2 heterocycles. The molecule has 0 atom stereocenters. The van der Waals surface area contributed by atoms with E-state index in [1.54, 1.807) is 24.3 Å². The fourth-order valence-electron chi connectivity index (χ4n) is 2.89. The summed E-state index contributed by atoms with van der Waals surface area (Å²) in [7, 11) is 0. The highest BCUT2D eigenvalue weighted by atomic mass is 19.4. The van der Waals surface area contributed by atoms with Gasteiger partial charge in [0.05, 0.1) is 11.3 Å². The third-order valence-electron chi connectivity index (χ3n) is 4.37. The predicted molar refractivity (Wildman–Crippen MR) is 105 cm³/mol. The summed E-state index contributed by atoms with van der Waals surface area (Å²) in [5.41, 5.74) is 1.35. The number of hydrogen-bond acceptors (Lipinski definition) is 3. The first kappa shape index (κ1) is 19.5. The van der Waals surface area contributed by atoms with Crippen LogP contribution in [0.1, 0.15) is 21.6 Å². The Hall–Kier alpha value is -3.81. The van der Waals surface area contributed by atoms with Gasteiger partial charge in [-0.1, -0.05) is 12.1 Å². The lowest BCUT2D eigenvalue weighted by Crippen LogP contribution is -2.13. The zero-order valence-corrected chi connectivity index (χ0v) is 15.6. The van der Waals surface area contributed by atoms with Gasteiger partial charge >= 0.3 is 6.18 Å². The van der Waals surface area contributed by atoms with Crippen LogP contribution in [0.25, 0.3) is 5.65 Å². The largest absolute Gasteiger partial charge is 0.487 e. The smallest absolute Gasteiger partial charge is 0.416 e. The minimum atomic E-state index is -4.44. The van der Waals surface area contributed by atoms with Crippen LogP contribution in [-0.4, -0.2) is 15.3 Å². The molecule has 4 aromatic rings. The number of aromatic nitrogens is 2. The van der Waals surface area contributed by atoms with Crippen molar-refractivity contribution in [3.05, 3.63) is 95.9 Å². The van der Waals surface area contributed by atoms with E-state index in [2.05, 4.69) is 10.3 Å². The van der Waals surface area contributed by atoms with Crippen molar-refractivity contribution in [3.8, 4) is 5.75 Å². The minimum absolute atomic E-state index is 0.124. The van der Waals surface area contributed by atoms with Gasteiger partial charge in [0.15, 0.2) is 0 Å². The molecule has 2 aromatic heterocycles. The van der Waals surface area contributed by atoms with Gasteiger partial charge in [-0.25, -0.2) is 4.98 Å². The van der Waals surface area contributed by atoms with Gasteiger partial charge < -0.3 is 14.5 Å². The van der Waals surface area contributed by atoms with Crippen LogP contribution in [0.15, 0.2) is 79.1 Å². The topological polar surface area (TPSA) is 55.6 Å². The molecule has 30 heavy (non-hydrogen) atoms. The van der Waals surface area contributed by atoms with Crippen molar-refractivity contribution in [1.82, 2.24) is 9.38 Å². The Bertz CT molecular complexity index is 1150. The summed E-state index contributed by atoms with van der Waals surface area (Å²) < 4.78 is 45.6.